The second-order valence-corrected chi connectivity index (χ2v) is 8.06. The maximum absolute atomic E-state index is 12.6. The van der Waals surface area contributed by atoms with Crippen molar-refractivity contribution in [2.75, 3.05) is 51.3 Å². The van der Waals surface area contributed by atoms with Crippen LogP contribution in [0.1, 0.15) is 13.0 Å². The lowest BCUT2D eigenvalue weighted by molar-refractivity contribution is -0.124. The summed E-state index contributed by atoms with van der Waals surface area (Å²) in [5.74, 6) is 0.949. The molecular weight excluding hydrogens is 436 g/mol. The van der Waals surface area contributed by atoms with Gasteiger partial charge in [0.25, 0.3) is 5.56 Å². The van der Waals surface area contributed by atoms with Crippen molar-refractivity contribution in [3.63, 3.8) is 0 Å². The molecule has 0 saturated carbocycles. The number of likely N-dealkylation sites (N-methyl/N-ethyl adjacent to an activating group) is 1. The lowest BCUT2D eigenvalue weighted by Crippen LogP contribution is -2.44. The van der Waals surface area contributed by atoms with E-state index in [-0.39, 0.29) is 24.6 Å². The molecule has 0 aromatic carbocycles. The summed E-state index contributed by atoms with van der Waals surface area (Å²) in [7, 11) is 2.10. The average molecular weight is 465 g/mol. The fourth-order valence-corrected chi connectivity index (χ4v) is 3.58. The van der Waals surface area contributed by atoms with Gasteiger partial charge in [-0.15, -0.1) is 0 Å². The summed E-state index contributed by atoms with van der Waals surface area (Å²) >= 11 is 0. The third kappa shape index (κ3) is 5.73. The van der Waals surface area contributed by atoms with Gasteiger partial charge in [-0.2, -0.15) is 5.10 Å². The third-order valence-electron chi connectivity index (χ3n) is 5.63. The van der Waals surface area contributed by atoms with E-state index in [0.717, 1.165) is 37.6 Å². The van der Waals surface area contributed by atoms with Gasteiger partial charge in [-0.05, 0) is 32.2 Å². The maximum Gasteiger partial charge on any atom is 0.267 e. The molecule has 178 valence electrons. The van der Waals surface area contributed by atoms with Gasteiger partial charge >= 0.3 is 0 Å². The summed E-state index contributed by atoms with van der Waals surface area (Å²) in [5.41, 5.74) is 0.970. The Balaban J connectivity index is 1.30. The first-order valence-corrected chi connectivity index (χ1v) is 11.2. The molecule has 1 aliphatic rings. The van der Waals surface area contributed by atoms with Crippen LogP contribution < -0.4 is 20.5 Å². The van der Waals surface area contributed by atoms with Crippen molar-refractivity contribution in [1.82, 2.24) is 34.9 Å². The summed E-state index contributed by atoms with van der Waals surface area (Å²) in [6, 6.07) is 7.67. The Kier molecular flexibility index (Phi) is 7.43. The average Bonchev–Trinajstić information content (AvgIpc) is 2.87. The van der Waals surface area contributed by atoms with Crippen LogP contribution in [0.2, 0.25) is 0 Å². The lowest BCUT2D eigenvalue weighted by Gasteiger charge is -2.33. The zero-order chi connectivity index (χ0) is 23.9. The van der Waals surface area contributed by atoms with E-state index in [1.165, 1.54) is 17.1 Å². The van der Waals surface area contributed by atoms with Gasteiger partial charge in [-0.1, -0.05) is 0 Å². The molecule has 1 saturated heterocycles. The minimum absolute atomic E-state index is 0.232. The van der Waals surface area contributed by atoms with E-state index in [9.17, 15) is 9.59 Å². The normalized spacial score (nSPS) is 15.1. The number of aromatic nitrogens is 5. The van der Waals surface area contributed by atoms with E-state index in [1.54, 1.807) is 31.5 Å². The fraction of sp³-hybridized carbons (Fsp3) is 0.391. The molecule has 1 atom stereocenters. The summed E-state index contributed by atoms with van der Waals surface area (Å²) < 4.78 is 6.87. The molecule has 3 aromatic rings. The minimum atomic E-state index is -0.785. The number of nitrogens with one attached hydrogen (secondary N) is 1. The molecule has 1 N–H and O–H groups in total. The molecule has 0 bridgehead atoms. The molecule has 34 heavy (non-hydrogen) atoms. The van der Waals surface area contributed by atoms with Gasteiger partial charge in [0.05, 0.1) is 12.2 Å². The second kappa shape index (κ2) is 10.8. The summed E-state index contributed by atoms with van der Waals surface area (Å²) in [6.45, 7) is 5.88. The Morgan fingerprint density at radius 3 is 2.76 bits per heavy atom. The molecule has 4 rings (SSSR count). The summed E-state index contributed by atoms with van der Waals surface area (Å²) in [6.07, 6.45) is 4.80. The molecule has 1 fully saturated rings. The zero-order valence-corrected chi connectivity index (χ0v) is 19.3. The summed E-state index contributed by atoms with van der Waals surface area (Å²) in [5, 5.41) is 7.13. The van der Waals surface area contributed by atoms with Gasteiger partial charge in [0.15, 0.2) is 0 Å². The Hall–Kier alpha value is -3.86. The van der Waals surface area contributed by atoms with Gasteiger partial charge in [-0.25, -0.2) is 14.6 Å². The number of rotatable bonds is 8. The van der Waals surface area contributed by atoms with Crippen molar-refractivity contribution in [2.45, 2.75) is 13.0 Å². The predicted molar refractivity (Wildman–Crippen MR) is 127 cm³/mol. The second-order valence-electron chi connectivity index (χ2n) is 8.06. The van der Waals surface area contributed by atoms with E-state index in [0.29, 0.717) is 11.6 Å². The van der Waals surface area contributed by atoms with Crippen LogP contribution in [0.4, 0.5) is 5.82 Å². The number of ether oxygens (including phenoxy) is 1. The van der Waals surface area contributed by atoms with Gasteiger partial charge < -0.3 is 19.9 Å². The van der Waals surface area contributed by atoms with Crippen LogP contribution in [0.5, 0.6) is 5.88 Å². The molecular formula is C23H28N8O3. The molecule has 0 spiro atoms. The number of pyridine rings is 1. The highest BCUT2D eigenvalue weighted by molar-refractivity contribution is 5.79. The topological polar surface area (TPSA) is 118 Å². The Morgan fingerprint density at radius 1 is 1.18 bits per heavy atom. The van der Waals surface area contributed by atoms with Crippen LogP contribution in [-0.4, -0.2) is 81.9 Å². The molecule has 4 heterocycles. The predicted octanol–water partition coefficient (Wildman–Crippen LogP) is 0.603. The molecule has 11 nitrogen and oxygen atoms in total. The molecule has 1 unspecified atom stereocenters. The number of hydrogen-bond acceptors (Lipinski definition) is 9. The van der Waals surface area contributed by atoms with E-state index in [2.05, 4.69) is 42.2 Å². The highest BCUT2D eigenvalue weighted by Gasteiger charge is 2.18. The molecule has 3 aromatic heterocycles. The Morgan fingerprint density at radius 2 is 2.00 bits per heavy atom. The van der Waals surface area contributed by atoms with Crippen molar-refractivity contribution >= 4 is 11.7 Å². The third-order valence-corrected chi connectivity index (χ3v) is 5.63. The van der Waals surface area contributed by atoms with Crippen LogP contribution in [0.25, 0.3) is 11.3 Å². The first kappa shape index (κ1) is 23.3. The number of anilines is 1. The number of amides is 1. The SMILES string of the molecule is CC(C(=O)NCCOc1cc(N2CCN(C)CC2)ncn1)n1nc(-c2cccnc2)ccc1=O. The van der Waals surface area contributed by atoms with E-state index >= 15 is 0 Å². The van der Waals surface area contributed by atoms with Gasteiger partial charge in [0.2, 0.25) is 11.8 Å². The lowest BCUT2D eigenvalue weighted by atomic mass is 10.2. The van der Waals surface area contributed by atoms with E-state index in [1.807, 2.05) is 12.1 Å². The van der Waals surface area contributed by atoms with Crippen molar-refractivity contribution in [1.29, 1.82) is 0 Å². The quantitative estimate of drug-likeness (QED) is 0.478. The number of piperazine rings is 1. The van der Waals surface area contributed by atoms with Crippen molar-refractivity contribution < 1.29 is 9.53 Å². The largest absolute Gasteiger partial charge is 0.476 e. The van der Waals surface area contributed by atoms with Crippen LogP contribution in [0, 0.1) is 0 Å². The first-order chi connectivity index (χ1) is 16.5. The minimum Gasteiger partial charge on any atom is -0.476 e. The smallest absolute Gasteiger partial charge is 0.267 e. The van der Waals surface area contributed by atoms with Crippen molar-refractivity contribution in [3.8, 4) is 17.1 Å². The highest BCUT2D eigenvalue weighted by atomic mass is 16.5. The fourth-order valence-electron chi connectivity index (χ4n) is 3.58. The van der Waals surface area contributed by atoms with Crippen LogP contribution in [-0.2, 0) is 4.79 Å². The monoisotopic (exact) mass is 464 g/mol. The molecule has 1 aliphatic heterocycles. The van der Waals surface area contributed by atoms with Gasteiger partial charge in [-0.3, -0.25) is 14.6 Å². The molecule has 0 aliphatic carbocycles. The number of nitrogens with zero attached hydrogens (tertiary/aromatic N) is 7. The van der Waals surface area contributed by atoms with Gasteiger partial charge in [0.1, 0.15) is 24.8 Å². The first-order valence-electron chi connectivity index (χ1n) is 11.2. The Bertz CT molecular complexity index is 1160. The van der Waals surface area contributed by atoms with E-state index < -0.39 is 6.04 Å². The molecule has 11 heteroatoms. The van der Waals surface area contributed by atoms with Crippen molar-refractivity contribution in [3.05, 3.63) is 59.4 Å². The standard InChI is InChI=1S/C23H28N8O3/c1-17(31-22(32)6-5-19(28-31)18-4-3-7-24-15-18)23(33)25-8-13-34-21-14-20(26-16-27-21)30-11-9-29(2)10-12-30/h3-7,14-17H,8-13H2,1-2H3,(H,25,33). The van der Waals surface area contributed by atoms with Crippen LogP contribution in [0.3, 0.4) is 0 Å². The van der Waals surface area contributed by atoms with Crippen LogP contribution >= 0.6 is 0 Å². The molecule has 0 radical (unpaired) electrons. The highest BCUT2D eigenvalue weighted by Crippen LogP contribution is 2.17. The zero-order valence-electron chi connectivity index (χ0n) is 19.3. The van der Waals surface area contributed by atoms with Gasteiger partial charge in [0, 0.05) is 56.3 Å². The van der Waals surface area contributed by atoms with E-state index in [4.69, 9.17) is 4.74 Å². The van der Waals surface area contributed by atoms with Crippen molar-refractivity contribution in [2.24, 2.45) is 0 Å². The van der Waals surface area contributed by atoms with Crippen LogP contribution in [0.15, 0.2) is 53.8 Å². The maximum atomic E-state index is 12.6. The number of hydrogen-bond donors (Lipinski definition) is 1. The number of carbonyl (C=O) groups is 1. The number of carbonyl (C=O) groups excluding carboxylic acids is 1. The summed E-state index contributed by atoms with van der Waals surface area (Å²) in [4.78, 5) is 42.0. The molecule has 1 amide bonds. The Labute approximate surface area is 197 Å².